The van der Waals surface area contributed by atoms with Gasteiger partial charge in [-0.3, -0.25) is 4.90 Å². The zero-order valence-corrected chi connectivity index (χ0v) is 15.2. The molecule has 0 saturated heterocycles. The molecule has 1 aromatic heterocycles. The molecule has 1 aliphatic rings. The molecular weight excluding hydrogens is 348 g/mol. The maximum Gasteiger partial charge on any atom is 0.222 e. The van der Waals surface area contributed by atoms with Crippen molar-refractivity contribution in [1.29, 1.82) is 0 Å². The van der Waals surface area contributed by atoms with Crippen LogP contribution in [0.15, 0.2) is 46.4 Å². The van der Waals surface area contributed by atoms with Gasteiger partial charge in [0.05, 0.1) is 10.9 Å². The van der Waals surface area contributed by atoms with Crippen LogP contribution in [0.5, 0.6) is 11.5 Å². The number of phenolic OH excluding ortho intramolecular Hbond substituents is 1. The van der Waals surface area contributed by atoms with Gasteiger partial charge in [0.25, 0.3) is 0 Å². The van der Waals surface area contributed by atoms with Crippen LogP contribution >= 0.6 is 0 Å². The molecule has 0 radical (unpaired) electrons. The third-order valence-electron chi connectivity index (χ3n) is 4.61. The molecule has 7 heteroatoms. The molecule has 1 aromatic carbocycles. The largest absolute Gasteiger partial charge is 0.612 e. The van der Waals surface area contributed by atoms with E-state index in [9.17, 15) is 20.6 Å². The molecule has 27 heavy (non-hydrogen) atoms. The summed E-state index contributed by atoms with van der Waals surface area (Å²) in [5.41, 5.74) is 1.71. The molecule has 0 fully saturated rings. The Morgan fingerprint density at radius 3 is 2.33 bits per heavy atom. The highest BCUT2D eigenvalue weighted by atomic mass is 16.8. The summed E-state index contributed by atoms with van der Waals surface area (Å²) in [4.78, 5) is 1.67. The number of nitrogens with zero attached hydrogens (tertiary/aromatic N) is 2. The first-order valence-electron chi connectivity index (χ1n) is 8.72. The number of hydrogen-bond donors (Lipinski definition) is 2. The fourth-order valence-corrected chi connectivity index (χ4v) is 2.98. The predicted molar refractivity (Wildman–Crippen MR) is 104 cm³/mol. The van der Waals surface area contributed by atoms with Crippen molar-refractivity contribution in [3.8, 4) is 11.5 Å². The fraction of sp³-hybridized carbons (Fsp3) is 0.250. The lowest BCUT2D eigenvalue weighted by atomic mass is 10.1. The van der Waals surface area contributed by atoms with Crippen molar-refractivity contribution in [2.24, 2.45) is 0 Å². The maximum absolute atomic E-state index is 10.8. The average Bonchev–Trinajstić information content (AvgIpc) is 2.97. The number of allylic oxidation sites excluding steroid dienone is 5. The van der Waals surface area contributed by atoms with Crippen molar-refractivity contribution in [3.05, 3.63) is 63.7 Å². The molecule has 1 heterocycles. The lowest BCUT2D eigenvalue weighted by Crippen LogP contribution is -2.22. The minimum atomic E-state index is -0.468. The number of fused-ring (bicyclic) bond motifs is 1. The SMILES string of the molecule is CCN(CC)Cc1c(O)ccc2c(O)c(C=C3C=CC(=[N+]([O-])[O-])C=C3)oc12. The summed E-state index contributed by atoms with van der Waals surface area (Å²) < 4.78 is 5.86. The lowest BCUT2D eigenvalue weighted by molar-refractivity contribution is -0.377. The van der Waals surface area contributed by atoms with Gasteiger partial charge >= 0.3 is 0 Å². The molecule has 3 rings (SSSR count). The Balaban J connectivity index is 2.03. The molecule has 0 saturated carbocycles. The predicted octanol–water partition coefficient (Wildman–Crippen LogP) is 3.64. The second-order valence-electron chi connectivity index (χ2n) is 6.21. The minimum Gasteiger partial charge on any atom is -0.612 e. The smallest absolute Gasteiger partial charge is 0.222 e. The molecule has 0 unspecified atom stereocenters. The summed E-state index contributed by atoms with van der Waals surface area (Å²) in [5.74, 6) is 0.333. The van der Waals surface area contributed by atoms with Crippen molar-refractivity contribution < 1.29 is 19.5 Å². The quantitative estimate of drug-likeness (QED) is 0.616. The Hall–Kier alpha value is -3.19. The van der Waals surface area contributed by atoms with Crippen LogP contribution in [0.4, 0.5) is 0 Å². The summed E-state index contributed by atoms with van der Waals surface area (Å²) in [5, 5.41) is 42.8. The van der Waals surface area contributed by atoms with E-state index in [1.165, 1.54) is 12.2 Å². The molecule has 1 aliphatic carbocycles. The standard InChI is InChI=1S/C20H21N2O5/c1-3-21(4-2)12-16-17(23)10-9-15-19(24)18(27-20(15)16)11-13-5-7-14(8-6-13)22(25)26/h5-11H,3-4,12H2,1-2H3,(H2-,23,24,25,26)/q-1. The summed E-state index contributed by atoms with van der Waals surface area (Å²) >= 11 is 0. The average molecular weight is 369 g/mol. The third kappa shape index (κ3) is 3.68. The van der Waals surface area contributed by atoms with E-state index in [0.717, 1.165) is 13.1 Å². The zero-order chi connectivity index (χ0) is 19.6. The van der Waals surface area contributed by atoms with Crippen LogP contribution in [0.1, 0.15) is 25.2 Å². The molecule has 0 amide bonds. The topological polar surface area (TPSA) is 106 Å². The van der Waals surface area contributed by atoms with Crippen LogP contribution in [-0.4, -0.2) is 38.8 Å². The van der Waals surface area contributed by atoms with E-state index in [2.05, 4.69) is 4.90 Å². The van der Waals surface area contributed by atoms with Crippen molar-refractivity contribution in [2.45, 2.75) is 20.4 Å². The molecule has 0 spiro atoms. The number of furan rings is 1. The van der Waals surface area contributed by atoms with Crippen molar-refractivity contribution in [1.82, 2.24) is 4.90 Å². The van der Waals surface area contributed by atoms with Crippen LogP contribution in [0.2, 0.25) is 0 Å². The van der Waals surface area contributed by atoms with Crippen molar-refractivity contribution in [2.75, 3.05) is 13.1 Å². The maximum atomic E-state index is 10.8. The summed E-state index contributed by atoms with van der Waals surface area (Å²) in [7, 11) is 0. The highest BCUT2D eigenvalue weighted by molar-refractivity contribution is 6.03. The van der Waals surface area contributed by atoms with E-state index in [4.69, 9.17) is 4.42 Å². The van der Waals surface area contributed by atoms with Gasteiger partial charge in [0, 0.05) is 18.7 Å². The van der Waals surface area contributed by atoms with Crippen LogP contribution in [-0.2, 0) is 6.54 Å². The Labute approximate surface area is 156 Å². The molecule has 2 aromatic rings. The normalized spacial score (nSPS) is 13.7. The summed E-state index contributed by atoms with van der Waals surface area (Å²) in [6.45, 7) is 6.21. The third-order valence-corrected chi connectivity index (χ3v) is 4.61. The Morgan fingerprint density at radius 2 is 1.74 bits per heavy atom. The van der Waals surface area contributed by atoms with Gasteiger partial charge in [-0.1, -0.05) is 13.8 Å². The fourth-order valence-electron chi connectivity index (χ4n) is 2.98. The van der Waals surface area contributed by atoms with Gasteiger partial charge in [0.15, 0.2) is 11.5 Å². The minimum absolute atomic E-state index is 0.00703. The summed E-state index contributed by atoms with van der Waals surface area (Å²) in [6.07, 6.45) is 7.56. The number of aromatic hydroxyl groups is 2. The highest BCUT2D eigenvalue weighted by Gasteiger charge is 2.19. The lowest BCUT2D eigenvalue weighted by Gasteiger charge is -2.18. The first kappa shape index (κ1) is 18.6. The zero-order valence-electron chi connectivity index (χ0n) is 15.2. The van der Waals surface area contributed by atoms with Crippen LogP contribution in [0.3, 0.4) is 0 Å². The van der Waals surface area contributed by atoms with Crippen LogP contribution < -0.4 is 0 Å². The van der Waals surface area contributed by atoms with Crippen LogP contribution in [0, 0.1) is 10.4 Å². The number of phenols is 1. The van der Waals surface area contributed by atoms with Gasteiger partial charge in [-0.25, -0.2) is 0 Å². The number of hydrogen-bond acceptors (Lipinski definition) is 6. The Bertz CT molecular complexity index is 956. The second-order valence-corrected chi connectivity index (χ2v) is 6.21. The number of benzene rings is 1. The number of rotatable bonds is 5. The van der Waals surface area contributed by atoms with E-state index in [1.54, 1.807) is 30.4 Å². The van der Waals surface area contributed by atoms with Gasteiger partial charge in [-0.05, 0) is 49.0 Å². The first-order chi connectivity index (χ1) is 12.9. The van der Waals surface area contributed by atoms with E-state index < -0.39 is 4.90 Å². The van der Waals surface area contributed by atoms with Gasteiger partial charge in [-0.15, -0.1) is 0 Å². The molecule has 7 nitrogen and oxygen atoms in total. The van der Waals surface area contributed by atoms with Crippen molar-refractivity contribution in [3.63, 3.8) is 0 Å². The Morgan fingerprint density at radius 1 is 1.07 bits per heavy atom. The molecule has 0 aliphatic heterocycles. The van der Waals surface area contributed by atoms with Gasteiger partial charge < -0.3 is 25.0 Å². The molecule has 0 atom stereocenters. The monoisotopic (exact) mass is 369 g/mol. The van der Waals surface area contributed by atoms with E-state index in [0.29, 0.717) is 28.7 Å². The van der Waals surface area contributed by atoms with Gasteiger partial charge in [0.2, 0.25) is 5.71 Å². The molecule has 0 bridgehead atoms. The second kappa shape index (κ2) is 7.59. The van der Waals surface area contributed by atoms with Gasteiger partial charge in [0.1, 0.15) is 11.3 Å². The summed E-state index contributed by atoms with van der Waals surface area (Å²) in [6, 6.07) is 3.16. The van der Waals surface area contributed by atoms with E-state index in [1.807, 2.05) is 13.8 Å². The molecule has 142 valence electrons. The molecule has 2 N–H and O–H groups in total. The van der Waals surface area contributed by atoms with Crippen molar-refractivity contribution >= 4 is 22.8 Å². The molecular formula is C20H21N2O5-. The van der Waals surface area contributed by atoms with Crippen LogP contribution in [0.25, 0.3) is 17.0 Å². The van der Waals surface area contributed by atoms with Gasteiger partial charge in [-0.2, -0.15) is 4.90 Å². The van der Waals surface area contributed by atoms with E-state index in [-0.39, 0.29) is 23.0 Å². The van der Waals surface area contributed by atoms with E-state index >= 15 is 0 Å². The first-order valence-corrected chi connectivity index (χ1v) is 8.72. The Kier molecular flexibility index (Phi) is 5.23. The highest BCUT2D eigenvalue weighted by Crippen LogP contribution is 2.39.